The lowest BCUT2D eigenvalue weighted by molar-refractivity contribution is -0.197. The molecule has 0 saturated heterocycles. The first kappa shape index (κ1) is 25.5. The normalized spacial score (nSPS) is 31.7. The summed E-state index contributed by atoms with van der Waals surface area (Å²) >= 11 is 0. The van der Waals surface area contributed by atoms with Crippen molar-refractivity contribution < 1.29 is 29.3 Å². The van der Waals surface area contributed by atoms with Gasteiger partial charge in [0.05, 0.1) is 0 Å². The van der Waals surface area contributed by atoms with Crippen LogP contribution in [0, 0.1) is 0 Å². The minimum absolute atomic E-state index is 0.299. The minimum Gasteiger partial charge on any atom is -0.409 e. The molecule has 2 aliphatic heterocycles. The molecule has 0 aromatic heterocycles. The quantitative estimate of drug-likeness (QED) is 0.142. The monoisotopic (exact) mass is 460 g/mol. The largest absolute Gasteiger partial charge is 0.409 e. The second-order valence-corrected chi connectivity index (χ2v) is 7.79. The van der Waals surface area contributed by atoms with Gasteiger partial charge in [0.1, 0.15) is 12.3 Å². The molecule has 10 N–H and O–H groups in total. The van der Waals surface area contributed by atoms with E-state index in [9.17, 15) is 19.8 Å². The number of rotatable bonds is 5. The zero-order valence-corrected chi connectivity index (χ0v) is 18.8. The zero-order chi connectivity index (χ0) is 24.4. The SMILES string of the molecule is CC1N=C(N(C)C)NC(N)(OC(=O)C(O)C(O)C(=O)OC2(N)NC(N(C)C)=NC(C)N2)N1. The number of nitrogens with two attached hydrogens (primary N) is 2. The van der Waals surface area contributed by atoms with Crippen LogP contribution in [-0.4, -0.2) is 109 Å². The van der Waals surface area contributed by atoms with Crippen molar-refractivity contribution in [2.75, 3.05) is 28.2 Å². The third kappa shape index (κ3) is 6.15. The van der Waals surface area contributed by atoms with E-state index in [1.165, 1.54) is 0 Å². The molecule has 0 fully saturated rings. The molecule has 2 rings (SSSR count). The molecule has 6 unspecified atom stereocenters. The summed E-state index contributed by atoms with van der Waals surface area (Å²) in [6.07, 6.45) is -5.74. The lowest BCUT2D eigenvalue weighted by atomic mass is 10.2. The molecule has 16 heteroatoms. The maximum atomic E-state index is 12.4. The highest BCUT2D eigenvalue weighted by Gasteiger charge is 2.44. The Kier molecular flexibility index (Phi) is 7.48. The third-order valence-corrected chi connectivity index (χ3v) is 4.23. The van der Waals surface area contributed by atoms with E-state index < -0.39 is 48.4 Å². The molecular formula is C16H32N10O6. The molecule has 0 aromatic rings. The van der Waals surface area contributed by atoms with Crippen LogP contribution in [0.2, 0.25) is 0 Å². The summed E-state index contributed by atoms with van der Waals surface area (Å²) in [6.45, 7) is 3.30. The van der Waals surface area contributed by atoms with Crippen molar-refractivity contribution in [2.45, 2.75) is 50.3 Å². The smallest absolute Gasteiger partial charge is 0.342 e. The van der Waals surface area contributed by atoms with Gasteiger partial charge in [0.25, 0.3) is 0 Å². The Morgan fingerprint density at radius 2 is 1.19 bits per heavy atom. The fourth-order valence-corrected chi connectivity index (χ4v) is 2.78. The standard InChI is InChI=1S/C16H32N10O6/c1-7-19-13(25(3)4)23-15(17,21-7)31-11(29)9(27)10(28)12(30)32-16(18)22-8(2)20-14(24-16)26(5)6/h7-10,21-22,27-28H,17-18H2,1-6H3,(H,19,23)(H,20,24). The van der Waals surface area contributed by atoms with E-state index in [4.69, 9.17) is 20.9 Å². The predicted molar refractivity (Wildman–Crippen MR) is 112 cm³/mol. The summed E-state index contributed by atoms with van der Waals surface area (Å²) in [5, 5.41) is 30.9. The maximum absolute atomic E-state index is 12.4. The summed E-state index contributed by atoms with van der Waals surface area (Å²) in [4.78, 5) is 36.3. The van der Waals surface area contributed by atoms with E-state index in [0.29, 0.717) is 11.9 Å². The number of aliphatic imine (C=N–C) groups is 2. The van der Waals surface area contributed by atoms with Gasteiger partial charge >= 0.3 is 23.9 Å². The number of nitrogens with zero attached hydrogens (tertiary/aromatic N) is 4. The van der Waals surface area contributed by atoms with E-state index in [-0.39, 0.29) is 0 Å². The zero-order valence-electron chi connectivity index (χ0n) is 18.8. The van der Waals surface area contributed by atoms with Gasteiger partial charge < -0.3 is 29.5 Å². The summed E-state index contributed by atoms with van der Waals surface area (Å²) in [7, 11) is 6.74. The van der Waals surface area contributed by atoms with Crippen LogP contribution in [0.3, 0.4) is 0 Å². The van der Waals surface area contributed by atoms with Crippen LogP contribution in [0.15, 0.2) is 9.98 Å². The highest BCUT2D eigenvalue weighted by atomic mass is 16.6. The molecule has 2 heterocycles. The molecule has 0 amide bonds. The van der Waals surface area contributed by atoms with E-state index in [2.05, 4.69) is 31.3 Å². The second-order valence-electron chi connectivity index (χ2n) is 7.79. The van der Waals surface area contributed by atoms with Crippen LogP contribution in [0.25, 0.3) is 0 Å². The van der Waals surface area contributed by atoms with Crippen LogP contribution in [0.5, 0.6) is 0 Å². The van der Waals surface area contributed by atoms with Gasteiger partial charge in [-0.1, -0.05) is 0 Å². The summed E-state index contributed by atoms with van der Waals surface area (Å²) in [5.41, 5.74) is 12.0. The Morgan fingerprint density at radius 3 is 1.47 bits per heavy atom. The molecule has 6 atom stereocenters. The second kappa shape index (κ2) is 9.39. The number of aliphatic hydroxyl groups excluding tert-OH is 2. The van der Waals surface area contributed by atoms with E-state index in [1.54, 1.807) is 51.8 Å². The number of hydrogen-bond acceptors (Lipinski definition) is 16. The van der Waals surface area contributed by atoms with Gasteiger partial charge in [-0.15, -0.1) is 0 Å². The average Bonchev–Trinajstić information content (AvgIpc) is 2.64. The van der Waals surface area contributed by atoms with Crippen molar-refractivity contribution in [1.82, 2.24) is 31.1 Å². The first-order valence-corrected chi connectivity index (χ1v) is 9.66. The fourth-order valence-electron chi connectivity index (χ4n) is 2.78. The third-order valence-electron chi connectivity index (χ3n) is 4.23. The van der Waals surface area contributed by atoms with Crippen LogP contribution in [0.4, 0.5) is 0 Å². The first-order chi connectivity index (χ1) is 14.6. The Hall–Kier alpha value is -2.76. The number of carbonyl (C=O) groups excluding carboxylic acids is 2. The molecular weight excluding hydrogens is 428 g/mol. The van der Waals surface area contributed by atoms with E-state index in [1.807, 2.05) is 0 Å². The van der Waals surface area contributed by atoms with Crippen LogP contribution < -0.4 is 32.7 Å². The maximum Gasteiger partial charge on any atom is 0.342 e. The number of ether oxygens (including phenoxy) is 2. The van der Waals surface area contributed by atoms with Crippen LogP contribution >= 0.6 is 0 Å². The van der Waals surface area contributed by atoms with Crippen molar-refractivity contribution in [3.8, 4) is 0 Å². The molecule has 32 heavy (non-hydrogen) atoms. The van der Waals surface area contributed by atoms with Gasteiger partial charge in [0.15, 0.2) is 24.1 Å². The van der Waals surface area contributed by atoms with Crippen molar-refractivity contribution in [1.29, 1.82) is 0 Å². The topological polar surface area (TPSA) is 224 Å². The Labute approximate surface area is 185 Å². The molecule has 2 aliphatic rings. The Bertz CT molecular complexity index is 727. The highest BCUT2D eigenvalue weighted by Crippen LogP contribution is 2.11. The number of nitrogens with one attached hydrogen (secondary N) is 4. The lowest BCUT2D eigenvalue weighted by Crippen LogP contribution is -2.74. The Balaban J connectivity index is 2.03. The molecule has 182 valence electrons. The van der Waals surface area contributed by atoms with Crippen molar-refractivity contribution in [2.24, 2.45) is 21.5 Å². The van der Waals surface area contributed by atoms with Crippen molar-refractivity contribution in [3.05, 3.63) is 0 Å². The number of guanidine groups is 2. The number of aliphatic hydroxyl groups is 2. The molecule has 0 aliphatic carbocycles. The van der Waals surface area contributed by atoms with Gasteiger partial charge in [-0.25, -0.2) is 30.2 Å². The summed E-state index contributed by atoms with van der Waals surface area (Å²) < 4.78 is 10.1. The summed E-state index contributed by atoms with van der Waals surface area (Å²) in [5.74, 6) is -6.12. The average molecular weight is 460 g/mol. The van der Waals surface area contributed by atoms with Crippen LogP contribution in [-0.2, 0) is 19.1 Å². The van der Waals surface area contributed by atoms with Crippen molar-refractivity contribution in [3.63, 3.8) is 0 Å². The number of esters is 2. The molecule has 0 bridgehead atoms. The number of carbonyl (C=O) groups is 2. The van der Waals surface area contributed by atoms with E-state index >= 15 is 0 Å². The molecule has 0 spiro atoms. The van der Waals surface area contributed by atoms with Gasteiger partial charge in [-0.2, -0.15) is 0 Å². The molecule has 0 aromatic carbocycles. The van der Waals surface area contributed by atoms with Crippen molar-refractivity contribution >= 4 is 23.9 Å². The fraction of sp³-hybridized carbons (Fsp3) is 0.750. The highest BCUT2D eigenvalue weighted by molar-refractivity contribution is 5.87. The number of hydrogen-bond donors (Lipinski definition) is 8. The predicted octanol–water partition coefficient (Wildman–Crippen LogP) is -5.15. The van der Waals surface area contributed by atoms with Crippen LogP contribution in [0.1, 0.15) is 13.8 Å². The molecule has 0 radical (unpaired) electrons. The molecule has 0 saturated carbocycles. The summed E-state index contributed by atoms with van der Waals surface area (Å²) in [6, 6.07) is 0. The van der Waals surface area contributed by atoms with Gasteiger partial charge in [0.2, 0.25) is 0 Å². The first-order valence-electron chi connectivity index (χ1n) is 9.66. The van der Waals surface area contributed by atoms with E-state index in [0.717, 1.165) is 0 Å². The van der Waals surface area contributed by atoms with Gasteiger partial charge in [-0.3, -0.25) is 22.1 Å². The van der Waals surface area contributed by atoms with Gasteiger partial charge in [-0.05, 0) is 13.8 Å². The minimum atomic E-state index is -2.32. The lowest BCUT2D eigenvalue weighted by Gasteiger charge is -2.39. The Morgan fingerprint density at radius 1 is 0.875 bits per heavy atom. The molecule has 16 nitrogen and oxygen atoms in total. The van der Waals surface area contributed by atoms with Gasteiger partial charge in [0, 0.05) is 28.2 Å².